The minimum atomic E-state index is -1.65. The highest BCUT2D eigenvalue weighted by Crippen LogP contribution is 2.25. The van der Waals surface area contributed by atoms with E-state index in [1.54, 1.807) is 18.2 Å². The Kier molecular flexibility index (Phi) is 4.90. The molecule has 1 unspecified atom stereocenters. The monoisotopic (exact) mass is 311 g/mol. The van der Waals surface area contributed by atoms with Crippen LogP contribution >= 0.6 is 0 Å². The third-order valence-corrected chi connectivity index (χ3v) is 4.21. The molecule has 2 N–H and O–H groups in total. The molecule has 0 bridgehead atoms. The molecule has 0 aliphatic rings. The molecule has 0 aliphatic heterocycles. The van der Waals surface area contributed by atoms with E-state index in [0.29, 0.717) is 23.6 Å². The molecule has 0 radical (unpaired) electrons. The van der Waals surface area contributed by atoms with Crippen molar-refractivity contribution in [3.8, 4) is 5.75 Å². The molecule has 0 spiro atoms. The summed E-state index contributed by atoms with van der Waals surface area (Å²) in [6, 6.07) is 8.00. The molecule has 0 heterocycles. The van der Waals surface area contributed by atoms with Crippen LogP contribution in [0.5, 0.6) is 5.75 Å². The van der Waals surface area contributed by atoms with Crippen LogP contribution in [0, 0.1) is 11.6 Å². The predicted octanol–water partition coefficient (Wildman–Crippen LogP) is 3.25. The smallest absolute Gasteiger partial charge is 0.142 e. The van der Waals surface area contributed by atoms with Crippen LogP contribution in [-0.2, 0) is 16.6 Å². The number of nitrogens with two attached hydrogens (primary N) is 1. The molecule has 0 saturated carbocycles. The summed E-state index contributed by atoms with van der Waals surface area (Å²) in [5, 5.41) is 0. The first-order chi connectivity index (χ1) is 10.0. The fourth-order valence-electron chi connectivity index (χ4n) is 1.89. The summed E-state index contributed by atoms with van der Waals surface area (Å²) in [5.41, 5.74) is 6.84. The standard InChI is InChI=1S/C15H15F2NO2S/c1-2-20-14-5-4-12(18)7-10(14)9-21(19)15-6-3-11(16)8-13(15)17/h3-8H,2,9,18H2,1H3. The molecule has 6 heteroatoms. The molecule has 2 aromatic carbocycles. The maximum atomic E-state index is 13.6. The summed E-state index contributed by atoms with van der Waals surface area (Å²) in [6.45, 7) is 2.28. The number of ether oxygens (including phenoxy) is 1. The second-order valence-corrected chi connectivity index (χ2v) is 5.78. The SMILES string of the molecule is CCOc1ccc(N)cc1CS(=O)c1ccc(F)cc1F. The van der Waals surface area contributed by atoms with E-state index >= 15 is 0 Å². The molecule has 0 amide bonds. The number of benzene rings is 2. The van der Waals surface area contributed by atoms with Crippen molar-refractivity contribution in [2.75, 3.05) is 12.3 Å². The molecular weight excluding hydrogens is 296 g/mol. The van der Waals surface area contributed by atoms with Gasteiger partial charge in [-0.15, -0.1) is 0 Å². The molecule has 2 rings (SSSR count). The van der Waals surface area contributed by atoms with E-state index in [1.165, 1.54) is 6.07 Å². The van der Waals surface area contributed by atoms with E-state index in [-0.39, 0.29) is 10.6 Å². The quantitative estimate of drug-likeness (QED) is 0.862. The summed E-state index contributed by atoms with van der Waals surface area (Å²) in [6.07, 6.45) is 0. The maximum absolute atomic E-state index is 13.6. The van der Waals surface area contributed by atoms with Gasteiger partial charge in [-0.2, -0.15) is 0 Å². The zero-order valence-electron chi connectivity index (χ0n) is 11.4. The van der Waals surface area contributed by atoms with Crippen molar-refractivity contribution in [1.29, 1.82) is 0 Å². The Morgan fingerprint density at radius 1 is 1.19 bits per heavy atom. The number of hydrogen-bond donors (Lipinski definition) is 1. The van der Waals surface area contributed by atoms with Gasteiger partial charge in [-0.25, -0.2) is 8.78 Å². The van der Waals surface area contributed by atoms with Crippen LogP contribution in [0.3, 0.4) is 0 Å². The molecule has 0 saturated heterocycles. The minimum Gasteiger partial charge on any atom is -0.494 e. The second-order valence-electron chi connectivity index (χ2n) is 4.36. The molecule has 1 atom stereocenters. The van der Waals surface area contributed by atoms with E-state index in [1.807, 2.05) is 6.92 Å². The second kappa shape index (κ2) is 6.67. The van der Waals surface area contributed by atoms with Gasteiger partial charge in [-0.3, -0.25) is 4.21 Å². The molecule has 112 valence electrons. The highest BCUT2D eigenvalue weighted by molar-refractivity contribution is 7.84. The van der Waals surface area contributed by atoms with Gasteiger partial charge in [0.05, 0.1) is 28.1 Å². The summed E-state index contributed by atoms with van der Waals surface area (Å²) >= 11 is 0. The lowest BCUT2D eigenvalue weighted by Gasteiger charge is -2.11. The van der Waals surface area contributed by atoms with Gasteiger partial charge in [0.25, 0.3) is 0 Å². The average molecular weight is 311 g/mol. The average Bonchev–Trinajstić information content (AvgIpc) is 2.41. The third kappa shape index (κ3) is 3.78. The highest BCUT2D eigenvalue weighted by atomic mass is 32.2. The van der Waals surface area contributed by atoms with Crippen molar-refractivity contribution >= 4 is 16.5 Å². The zero-order valence-corrected chi connectivity index (χ0v) is 12.3. The van der Waals surface area contributed by atoms with Crippen molar-refractivity contribution in [2.24, 2.45) is 0 Å². The van der Waals surface area contributed by atoms with E-state index in [9.17, 15) is 13.0 Å². The molecule has 2 aromatic rings. The highest BCUT2D eigenvalue weighted by Gasteiger charge is 2.14. The topological polar surface area (TPSA) is 52.3 Å². The summed E-state index contributed by atoms with van der Waals surface area (Å²) in [5.74, 6) is -0.923. The van der Waals surface area contributed by atoms with Gasteiger partial charge >= 0.3 is 0 Å². The van der Waals surface area contributed by atoms with E-state index in [4.69, 9.17) is 10.5 Å². The van der Waals surface area contributed by atoms with Crippen LogP contribution in [-0.4, -0.2) is 10.8 Å². The van der Waals surface area contributed by atoms with Gasteiger partial charge in [0.2, 0.25) is 0 Å². The molecule has 0 fully saturated rings. The first-order valence-corrected chi connectivity index (χ1v) is 7.67. The van der Waals surface area contributed by atoms with Crippen LogP contribution in [0.4, 0.5) is 14.5 Å². The van der Waals surface area contributed by atoms with Crippen molar-refractivity contribution in [3.63, 3.8) is 0 Å². The molecule has 0 aromatic heterocycles. The lowest BCUT2D eigenvalue weighted by molar-refractivity contribution is 0.337. The Bertz CT molecular complexity index is 677. The molecule has 0 aliphatic carbocycles. The number of nitrogen functional groups attached to an aromatic ring is 1. The fourth-order valence-corrected chi connectivity index (χ4v) is 3.05. The van der Waals surface area contributed by atoms with Gasteiger partial charge in [-0.05, 0) is 37.3 Å². The fraction of sp³-hybridized carbons (Fsp3) is 0.200. The summed E-state index contributed by atoms with van der Waals surface area (Å²) in [4.78, 5) is -0.0405. The van der Waals surface area contributed by atoms with E-state index < -0.39 is 22.4 Å². The maximum Gasteiger partial charge on any atom is 0.142 e. The van der Waals surface area contributed by atoms with Crippen LogP contribution in [0.15, 0.2) is 41.3 Å². The van der Waals surface area contributed by atoms with Gasteiger partial charge in [0, 0.05) is 17.3 Å². The minimum absolute atomic E-state index is 0.0405. The van der Waals surface area contributed by atoms with Gasteiger partial charge < -0.3 is 10.5 Å². The summed E-state index contributed by atoms with van der Waals surface area (Å²) < 4.78 is 44.2. The largest absolute Gasteiger partial charge is 0.494 e. The Labute approximate surface area is 124 Å². The Morgan fingerprint density at radius 3 is 2.62 bits per heavy atom. The number of hydrogen-bond acceptors (Lipinski definition) is 3. The lowest BCUT2D eigenvalue weighted by atomic mass is 10.2. The van der Waals surface area contributed by atoms with E-state index in [2.05, 4.69) is 0 Å². The Morgan fingerprint density at radius 2 is 1.95 bits per heavy atom. The van der Waals surface area contributed by atoms with Gasteiger partial charge in [0.15, 0.2) is 0 Å². The van der Waals surface area contributed by atoms with Crippen LogP contribution in [0.25, 0.3) is 0 Å². The lowest BCUT2D eigenvalue weighted by Crippen LogP contribution is -2.04. The first kappa shape index (κ1) is 15.4. The van der Waals surface area contributed by atoms with Crippen molar-refractivity contribution in [1.82, 2.24) is 0 Å². The van der Waals surface area contributed by atoms with Crippen LogP contribution < -0.4 is 10.5 Å². The zero-order chi connectivity index (χ0) is 15.4. The third-order valence-electron chi connectivity index (χ3n) is 2.81. The predicted molar refractivity (Wildman–Crippen MR) is 78.5 cm³/mol. The molecular formula is C15H15F2NO2S. The first-order valence-electron chi connectivity index (χ1n) is 6.36. The number of halogens is 2. The van der Waals surface area contributed by atoms with Gasteiger partial charge in [0.1, 0.15) is 17.4 Å². The summed E-state index contributed by atoms with van der Waals surface area (Å²) in [7, 11) is -1.65. The van der Waals surface area contributed by atoms with Crippen molar-refractivity contribution in [3.05, 3.63) is 53.6 Å². The molecule has 21 heavy (non-hydrogen) atoms. The normalized spacial score (nSPS) is 12.1. The number of rotatable bonds is 5. The van der Waals surface area contributed by atoms with Crippen molar-refractivity contribution < 1.29 is 17.7 Å². The Hall–Kier alpha value is -1.95. The Balaban J connectivity index is 2.28. The van der Waals surface area contributed by atoms with Crippen molar-refractivity contribution in [2.45, 2.75) is 17.6 Å². The molecule has 3 nitrogen and oxygen atoms in total. The van der Waals surface area contributed by atoms with Crippen LogP contribution in [0.2, 0.25) is 0 Å². The number of anilines is 1. The van der Waals surface area contributed by atoms with Crippen LogP contribution in [0.1, 0.15) is 12.5 Å². The van der Waals surface area contributed by atoms with Gasteiger partial charge in [-0.1, -0.05) is 0 Å². The van der Waals surface area contributed by atoms with E-state index in [0.717, 1.165) is 12.1 Å².